The van der Waals surface area contributed by atoms with Gasteiger partial charge in [-0.15, -0.1) is 0 Å². The zero-order valence-corrected chi connectivity index (χ0v) is 16.2. The van der Waals surface area contributed by atoms with Gasteiger partial charge in [0.25, 0.3) is 0 Å². The zero-order chi connectivity index (χ0) is 20.9. The Morgan fingerprint density at radius 1 is 1.25 bits per heavy atom. The maximum atomic E-state index is 16.8. The van der Waals surface area contributed by atoms with Crippen molar-refractivity contribution >= 4 is 11.8 Å². The lowest BCUT2D eigenvalue weighted by molar-refractivity contribution is -0.229. The molecule has 0 radical (unpaired) electrons. The number of carboxylic acid groups (broad SMARTS) is 1. The Hall–Kier alpha value is -1.60. The minimum atomic E-state index is -2.26. The number of aliphatic carboxylic acids is 1. The summed E-state index contributed by atoms with van der Waals surface area (Å²) < 4.78 is 31.9. The minimum absolute atomic E-state index is 0.0287. The van der Waals surface area contributed by atoms with Crippen molar-refractivity contribution in [3.63, 3.8) is 0 Å². The molecule has 4 aliphatic carbocycles. The monoisotopic (exact) mass is 396 g/mol. The summed E-state index contributed by atoms with van der Waals surface area (Å²) in [6.07, 6.45) is 0.214. The number of ketones is 1. The first-order chi connectivity index (χ1) is 12.8. The van der Waals surface area contributed by atoms with Gasteiger partial charge in [-0.05, 0) is 55.7 Å². The largest absolute Gasteiger partial charge is 0.479 e. The van der Waals surface area contributed by atoms with E-state index in [-0.39, 0.29) is 24.8 Å². The predicted octanol–water partition coefficient (Wildman–Crippen LogP) is 2.37. The molecular weight excluding hydrogens is 370 g/mol. The predicted molar refractivity (Wildman–Crippen MR) is 95.8 cm³/mol. The summed E-state index contributed by atoms with van der Waals surface area (Å²) in [7, 11) is 0. The highest BCUT2D eigenvalue weighted by molar-refractivity contribution is 6.01. The van der Waals surface area contributed by atoms with Crippen molar-refractivity contribution in [2.45, 2.75) is 63.6 Å². The first-order valence-electron chi connectivity index (χ1n) is 9.76. The second-order valence-corrected chi connectivity index (χ2v) is 9.57. The lowest BCUT2D eigenvalue weighted by Gasteiger charge is -2.62. The van der Waals surface area contributed by atoms with Crippen LogP contribution in [-0.4, -0.2) is 50.6 Å². The number of carboxylic acids is 1. The number of carbonyl (C=O) groups excluding carboxylic acids is 1. The molecule has 0 aromatic carbocycles. The van der Waals surface area contributed by atoms with Crippen LogP contribution in [0.25, 0.3) is 0 Å². The molecule has 9 atom stereocenters. The van der Waals surface area contributed by atoms with Gasteiger partial charge in [0.2, 0.25) is 0 Å². The molecule has 1 unspecified atom stereocenters. The van der Waals surface area contributed by atoms with Gasteiger partial charge in [0.15, 0.2) is 17.1 Å². The van der Waals surface area contributed by atoms with Crippen molar-refractivity contribution in [2.75, 3.05) is 0 Å². The average Bonchev–Trinajstić information content (AvgIpc) is 2.81. The molecule has 7 heteroatoms. The van der Waals surface area contributed by atoms with Crippen LogP contribution in [0.3, 0.4) is 0 Å². The number of fused-ring (bicyclic) bond motifs is 5. The Kier molecular flexibility index (Phi) is 3.88. The van der Waals surface area contributed by atoms with E-state index in [9.17, 15) is 24.9 Å². The Balaban J connectivity index is 1.88. The van der Waals surface area contributed by atoms with Crippen LogP contribution in [0.5, 0.6) is 0 Å². The molecule has 154 valence electrons. The van der Waals surface area contributed by atoms with Crippen molar-refractivity contribution in [2.24, 2.45) is 28.6 Å². The van der Waals surface area contributed by atoms with E-state index < -0.39 is 63.9 Å². The number of rotatable bonds is 1. The smallest absolute Gasteiger partial charge is 0.336 e. The van der Waals surface area contributed by atoms with Gasteiger partial charge in [0, 0.05) is 16.7 Å². The Labute approximate surface area is 162 Å². The summed E-state index contributed by atoms with van der Waals surface area (Å²) in [5.74, 6) is -4.07. The first-order valence-corrected chi connectivity index (χ1v) is 9.76. The number of hydrogen-bond acceptors (Lipinski definition) is 4. The normalized spacial score (nSPS) is 55.2. The molecule has 0 saturated heterocycles. The lowest BCUT2D eigenvalue weighted by atomic mass is 9.44. The topological polar surface area (TPSA) is 94.8 Å². The van der Waals surface area contributed by atoms with Crippen LogP contribution >= 0.6 is 0 Å². The molecule has 3 fully saturated rings. The second-order valence-electron chi connectivity index (χ2n) is 9.57. The molecule has 5 nitrogen and oxygen atoms in total. The molecule has 3 saturated carbocycles. The molecule has 28 heavy (non-hydrogen) atoms. The molecule has 0 aromatic heterocycles. The van der Waals surface area contributed by atoms with Gasteiger partial charge in [0.05, 0.1) is 6.10 Å². The molecule has 4 aliphatic rings. The quantitative estimate of drug-likeness (QED) is 0.633. The van der Waals surface area contributed by atoms with E-state index in [4.69, 9.17) is 0 Å². The summed E-state index contributed by atoms with van der Waals surface area (Å²) in [5, 5.41) is 31.8. The van der Waals surface area contributed by atoms with E-state index in [1.807, 2.05) is 0 Å². The lowest BCUT2D eigenvalue weighted by Crippen LogP contribution is -2.70. The number of hydrogen-bond donors (Lipinski definition) is 3. The highest BCUT2D eigenvalue weighted by atomic mass is 19.1. The number of alkyl halides is 2. The Morgan fingerprint density at radius 2 is 1.89 bits per heavy atom. The molecule has 0 spiro atoms. The van der Waals surface area contributed by atoms with Crippen LogP contribution < -0.4 is 0 Å². The summed E-state index contributed by atoms with van der Waals surface area (Å²) in [4.78, 5) is 23.7. The molecule has 0 heterocycles. The van der Waals surface area contributed by atoms with E-state index in [1.165, 1.54) is 19.1 Å². The van der Waals surface area contributed by atoms with Crippen molar-refractivity contribution in [1.29, 1.82) is 0 Å². The Morgan fingerprint density at radius 3 is 2.50 bits per heavy atom. The highest BCUT2D eigenvalue weighted by Gasteiger charge is 2.76. The van der Waals surface area contributed by atoms with Crippen molar-refractivity contribution < 1.29 is 33.7 Å². The van der Waals surface area contributed by atoms with Gasteiger partial charge in [-0.2, -0.15) is 0 Å². The first kappa shape index (κ1) is 19.7. The second kappa shape index (κ2) is 5.51. The molecule has 3 N–H and O–H groups in total. The number of aliphatic hydroxyl groups excluding tert-OH is 1. The summed E-state index contributed by atoms with van der Waals surface area (Å²) in [6, 6.07) is 0. The fraction of sp³-hybridized carbons (Fsp3) is 0.714. The van der Waals surface area contributed by atoms with Gasteiger partial charge >= 0.3 is 5.97 Å². The summed E-state index contributed by atoms with van der Waals surface area (Å²) >= 11 is 0. The van der Waals surface area contributed by atoms with Crippen LogP contribution in [0.4, 0.5) is 8.78 Å². The average molecular weight is 396 g/mol. The molecule has 0 amide bonds. The van der Waals surface area contributed by atoms with Crippen LogP contribution in [0, 0.1) is 28.6 Å². The van der Waals surface area contributed by atoms with Gasteiger partial charge in [0.1, 0.15) is 6.17 Å². The molecule has 0 aromatic rings. The van der Waals surface area contributed by atoms with Gasteiger partial charge < -0.3 is 15.3 Å². The molecule has 0 aliphatic heterocycles. The third-order valence-electron chi connectivity index (χ3n) is 8.54. The van der Waals surface area contributed by atoms with Gasteiger partial charge in [-0.3, -0.25) is 4.79 Å². The summed E-state index contributed by atoms with van der Waals surface area (Å²) in [6.45, 7) is 4.67. The summed E-state index contributed by atoms with van der Waals surface area (Å²) in [5.41, 5.74) is -7.14. The number of allylic oxidation sites excluding steroid dienone is 4. The van der Waals surface area contributed by atoms with E-state index >= 15 is 8.78 Å². The number of halogens is 2. The van der Waals surface area contributed by atoms with Gasteiger partial charge in [-0.1, -0.05) is 19.9 Å². The van der Waals surface area contributed by atoms with Crippen molar-refractivity contribution in [3.05, 3.63) is 23.8 Å². The van der Waals surface area contributed by atoms with Crippen molar-refractivity contribution in [3.8, 4) is 0 Å². The third kappa shape index (κ3) is 1.92. The van der Waals surface area contributed by atoms with Crippen molar-refractivity contribution in [1.82, 2.24) is 0 Å². The maximum Gasteiger partial charge on any atom is 0.336 e. The highest BCUT2D eigenvalue weighted by Crippen LogP contribution is 2.70. The van der Waals surface area contributed by atoms with Crippen LogP contribution in [0.2, 0.25) is 0 Å². The molecule has 4 rings (SSSR count). The standard InChI is InChI=1S/C21H26F2O5/c1-10-6-12-13-8-15(22)14-7-11(24)4-5-18(14,2)20(13,23)16(25)9-19(12,3)21(10,28)17(26)27/h4-5,7,10,12-13,15-16,25,28H,6,8-9H2,1-3H3,(H,26,27)/t10?,12-,13-,15-,16-,18-,19-,20-,21-/m0/s1. The number of aliphatic hydroxyl groups is 2. The van der Waals surface area contributed by atoms with E-state index in [0.717, 1.165) is 6.08 Å². The SMILES string of the molecule is CC1C[C@H]2[C@@H]3C[C@H](F)C4=CC(=O)C=C[C@]4(C)[C@@]3(F)[C@@H](O)C[C@]2(C)[C@@]1(O)C(=O)O. The minimum Gasteiger partial charge on any atom is -0.479 e. The Bertz CT molecular complexity index is 824. The zero-order valence-electron chi connectivity index (χ0n) is 16.2. The van der Waals surface area contributed by atoms with E-state index in [0.29, 0.717) is 0 Å². The maximum absolute atomic E-state index is 16.8. The van der Waals surface area contributed by atoms with Crippen LogP contribution in [0.15, 0.2) is 23.8 Å². The molecule has 0 bridgehead atoms. The number of carbonyl (C=O) groups is 2. The third-order valence-corrected chi connectivity index (χ3v) is 8.54. The van der Waals surface area contributed by atoms with Crippen LogP contribution in [-0.2, 0) is 9.59 Å². The van der Waals surface area contributed by atoms with Crippen LogP contribution in [0.1, 0.15) is 40.0 Å². The molecular formula is C21H26F2O5. The van der Waals surface area contributed by atoms with Gasteiger partial charge in [-0.25, -0.2) is 13.6 Å². The van der Waals surface area contributed by atoms with E-state index in [2.05, 4.69) is 0 Å². The fourth-order valence-corrected chi connectivity index (χ4v) is 7.00. The fourth-order valence-electron chi connectivity index (χ4n) is 7.00. The van der Waals surface area contributed by atoms with E-state index in [1.54, 1.807) is 13.8 Å².